The Morgan fingerprint density at radius 1 is 1.21 bits per heavy atom. The van der Waals surface area contributed by atoms with Gasteiger partial charge in [0, 0.05) is 0 Å². The summed E-state index contributed by atoms with van der Waals surface area (Å²) in [6.45, 7) is 2.22. The highest BCUT2D eigenvalue weighted by atomic mass is 19.4. The van der Waals surface area contributed by atoms with Crippen molar-refractivity contribution in [1.82, 2.24) is 0 Å². The predicted molar refractivity (Wildman–Crippen MR) is 66.2 cm³/mol. The number of anilines is 1. The van der Waals surface area contributed by atoms with Crippen LogP contribution in [0.1, 0.15) is 25.0 Å². The molecule has 3 nitrogen and oxygen atoms in total. The van der Waals surface area contributed by atoms with E-state index in [9.17, 15) is 18.0 Å². The smallest absolute Gasteiger partial charge is 0.422 e. The van der Waals surface area contributed by atoms with Crippen molar-refractivity contribution in [2.45, 2.75) is 32.9 Å². The van der Waals surface area contributed by atoms with Gasteiger partial charge in [0.05, 0.1) is 5.69 Å². The zero-order chi connectivity index (χ0) is 14.5. The van der Waals surface area contributed by atoms with E-state index in [-0.39, 0.29) is 0 Å². The Balaban J connectivity index is 2.78. The molecule has 0 atom stereocenters. The summed E-state index contributed by atoms with van der Waals surface area (Å²) in [5.74, 6) is 0. The molecule has 1 aromatic carbocycles. The first kappa shape index (κ1) is 15.3. The normalized spacial score (nSPS) is 11.2. The van der Waals surface area contributed by atoms with Crippen LogP contribution in [0.2, 0.25) is 0 Å². The number of benzene rings is 1. The molecule has 0 unspecified atom stereocenters. The van der Waals surface area contributed by atoms with Crippen molar-refractivity contribution in [2.75, 3.05) is 11.9 Å². The molecule has 1 aromatic rings. The predicted octanol–water partition coefficient (Wildman–Crippen LogP) is 3.92. The van der Waals surface area contributed by atoms with E-state index in [1.165, 1.54) is 0 Å². The van der Waals surface area contributed by atoms with Crippen molar-refractivity contribution in [3.8, 4) is 0 Å². The number of halogens is 3. The lowest BCUT2D eigenvalue weighted by Gasteiger charge is -2.15. The van der Waals surface area contributed by atoms with Gasteiger partial charge < -0.3 is 4.74 Å². The number of alkyl halides is 3. The van der Waals surface area contributed by atoms with Crippen LogP contribution >= 0.6 is 0 Å². The fourth-order valence-electron chi connectivity index (χ4n) is 1.69. The molecular weight excluding hydrogens is 259 g/mol. The number of hydrogen-bond donors (Lipinski definition) is 1. The molecule has 0 aromatic heterocycles. The van der Waals surface area contributed by atoms with Crippen LogP contribution < -0.4 is 5.32 Å². The van der Waals surface area contributed by atoms with Crippen molar-refractivity contribution in [2.24, 2.45) is 0 Å². The second kappa shape index (κ2) is 6.45. The average molecular weight is 275 g/mol. The average Bonchev–Trinajstić information content (AvgIpc) is 2.35. The first-order valence-corrected chi connectivity index (χ1v) is 5.98. The molecule has 0 radical (unpaired) electrons. The summed E-state index contributed by atoms with van der Waals surface area (Å²) in [5.41, 5.74) is 2.27. The van der Waals surface area contributed by atoms with Crippen LogP contribution in [0.5, 0.6) is 0 Å². The molecule has 1 N–H and O–H groups in total. The summed E-state index contributed by atoms with van der Waals surface area (Å²) in [6, 6.07) is 5.49. The number of carbonyl (C=O) groups is 1. The van der Waals surface area contributed by atoms with Crippen molar-refractivity contribution >= 4 is 11.8 Å². The van der Waals surface area contributed by atoms with Crippen LogP contribution in [0.25, 0.3) is 0 Å². The van der Waals surface area contributed by atoms with Crippen molar-refractivity contribution < 1.29 is 22.7 Å². The maximum absolute atomic E-state index is 11.9. The Morgan fingerprint density at radius 3 is 2.16 bits per heavy atom. The topological polar surface area (TPSA) is 38.3 Å². The zero-order valence-corrected chi connectivity index (χ0v) is 10.8. The number of aryl methyl sites for hydroxylation is 2. The molecule has 19 heavy (non-hydrogen) atoms. The summed E-state index contributed by atoms with van der Waals surface area (Å²) in [5, 5.41) is 2.39. The van der Waals surface area contributed by atoms with E-state index in [4.69, 9.17) is 0 Å². The molecule has 0 saturated heterocycles. The Bertz CT molecular complexity index is 422. The van der Waals surface area contributed by atoms with Gasteiger partial charge in [0.1, 0.15) is 0 Å². The number of carbonyl (C=O) groups excluding carboxylic acids is 1. The third-order valence-electron chi connectivity index (χ3n) is 2.59. The van der Waals surface area contributed by atoms with E-state index in [1.807, 2.05) is 32.0 Å². The van der Waals surface area contributed by atoms with Gasteiger partial charge in [-0.25, -0.2) is 4.79 Å². The van der Waals surface area contributed by atoms with E-state index in [1.54, 1.807) is 0 Å². The highest BCUT2D eigenvalue weighted by Gasteiger charge is 2.29. The number of para-hydroxylation sites is 1. The Kier molecular flexibility index (Phi) is 5.20. The van der Waals surface area contributed by atoms with E-state index in [0.717, 1.165) is 11.1 Å². The minimum atomic E-state index is -4.52. The van der Waals surface area contributed by atoms with Crippen LogP contribution in [0.15, 0.2) is 18.2 Å². The monoisotopic (exact) mass is 275 g/mol. The molecule has 0 fully saturated rings. The molecule has 0 saturated carbocycles. The van der Waals surface area contributed by atoms with Crippen LogP contribution in [-0.4, -0.2) is 18.9 Å². The molecule has 0 spiro atoms. The molecule has 106 valence electrons. The van der Waals surface area contributed by atoms with E-state index >= 15 is 0 Å². The second-order valence-corrected chi connectivity index (χ2v) is 3.97. The largest absolute Gasteiger partial charge is 0.440 e. The van der Waals surface area contributed by atoms with E-state index < -0.39 is 18.9 Å². The lowest BCUT2D eigenvalue weighted by atomic mass is 10.0. The number of nitrogens with one attached hydrogen (secondary N) is 1. The Morgan fingerprint density at radius 2 is 1.74 bits per heavy atom. The summed E-state index contributed by atoms with van der Waals surface area (Å²) >= 11 is 0. The van der Waals surface area contributed by atoms with Crippen LogP contribution in [0.4, 0.5) is 23.7 Å². The number of hydrogen-bond acceptors (Lipinski definition) is 2. The lowest BCUT2D eigenvalue weighted by molar-refractivity contribution is -0.159. The van der Waals surface area contributed by atoms with Gasteiger partial charge in [0.15, 0.2) is 6.61 Å². The molecule has 0 heterocycles. The lowest BCUT2D eigenvalue weighted by Crippen LogP contribution is -2.24. The maximum atomic E-state index is 11.9. The maximum Gasteiger partial charge on any atom is 0.422 e. The standard InChI is InChI=1S/C13H16F3NO2/c1-3-9-6-5-7-10(4-2)11(9)17-12(18)19-8-13(14,15)16/h5-7H,3-4,8H2,1-2H3,(H,17,18). The van der Waals surface area contributed by atoms with Gasteiger partial charge >= 0.3 is 12.3 Å². The first-order valence-electron chi connectivity index (χ1n) is 5.98. The summed E-state index contributed by atoms with van der Waals surface area (Å²) in [6.07, 6.45) is -4.27. The Labute approximate surface area is 109 Å². The zero-order valence-electron chi connectivity index (χ0n) is 10.8. The first-order chi connectivity index (χ1) is 8.87. The number of amides is 1. The van der Waals surface area contributed by atoms with Gasteiger partial charge in [-0.2, -0.15) is 13.2 Å². The van der Waals surface area contributed by atoms with E-state index in [0.29, 0.717) is 18.5 Å². The fourth-order valence-corrected chi connectivity index (χ4v) is 1.69. The van der Waals surface area contributed by atoms with Gasteiger partial charge in [0.25, 0.3) is 0 Å². The quantitative estimate of drug-likeness (QED) is 0.904. The summed E-state index contributed by atoms with van der Waals surface area (Å²) < 4.78 is 40.0. The number of ether oxygens (including phenoxy) is 1. The fraction of sp³-hybridized carbons (Fsp3) is 0.462. The van der Waals surface area contributed by atoms with Crippen molar-refractivity contribution in [3.05, 3.63) is 29.3 Å². The molecule has 0 aliphatic carbocycles. The van der Waals surface area contributed by atoms with Crippen LogP contribution in [-0.2, 0) is 17.6 Å². The SMILES string of the molecule is CCc1cccc(CC)c1NC(=O)OCC(F)(F)F. The summed E-state index contributed by atoms with van der Waals surface area (Å²) in [7, 11) is 0. The van der Waals surface area contributed by atoms with Gasteiger partial charge in [0.2, 0.25) is 0 Å². The Hall–Kier alpha value is -1.72. The minimum Gasteiger partial charge on any atom is -0.440 e. The van der Waals surface area contributed by atoms with Crippen LogP contribution in [0, 0.1) is 0 Å². The molecule has 0 aliphatic heterocycles. The van der Waals surface area contributed by atoms with Gasteiger partial charge in [-0.05, 0) is 24.0 Å². The minimum absolute atomic E-state index is 0.541. The molecule has 0 bridgehead atoms. The third kappa shape index (κ3) is 4.81. The molecule has 6 heteroatoms. The van der Waals surface area contributed by atoms with Crippen LogP contribution in [0.3, 0.4) is 0 Å². The highest BCUT2D eigenvalue weighted by Crippen LogP contribution is 2.23. The number of rotatable bonds is 4. The van der Waals surface area contributed by atoms with Crippen molar-refractivity contribution in [1.29, 1.82) is 0 Å². The van der Waals surface area contributed by atoms with E-state index in [2.05, 4.69) is 10.1 Å². The third-order valence-corrected chi connectivity index (χ3v) is 2.59. The highest BCUT2D eigenvalue weighted by molar-refractivity contribution is 5.87. The van der Waals surface area contributed by atoms with Gasteiger partial charge in [-0.15, -0.1) is 0 Å². The van der Waals surface area contributed by atoms with Gasteiger partial charge in [-0.3, -0.25) is 5.32 Å². The molecule has 1 amide bonds. The summed E-state index contributed by atoms with van der Waals surface area (Å²) in [4.78, 5) is 11.4. The van der Waals surface area contributed by atoms with Crippen molar-refractivity contribution in [3.63, 3.8) is 0 Å². The van der Waals surface area contributed by atoms with Gasteiger partial charge in [-0.1, -0.05) is 32.0 Å². The second-order valence-electron chi connectivity index (χ2n) is 3.97. The molecular formula is C13H16F3NO2. The molecule has 0 aliphatic rings. The molecule has 1 rings (SSSR count).